The zero-order chi connectivity index (χ0) is 15.0. The number of hydrogen-bond donors (Lipinski definition) is 1. The summed E-state index contributed by atoms with van der Waals surface area (Å²) >= 11 is 0. The molecule has 1 unspecified atom stereocenters. The number of aliphatic hydroxyl groups is 1. The molecule has 2 fully saturated rings. The standard InChI is InChI=1S/C14H24F2N2O2/c1-17(2)9-13(20)7-8-18(10-13)12(19)11-3-5-14(15,16)6-4-11/h11,20H,3-10H2,1-2H3. The highest BCUT2D eigenvalue weighted by molar-refractivity contribution is 5.79. The maximum absolute atomic E-state index is 13.1. The smallest absolute Gasteiger partial charge is 0.248 e. The Morgan fingerprint density at radius 1 is 1.30 bits per heavy atom. The second-order valence-corrected chi connectivity index (χ2v) is 6.60. The molecule has 2 rings (SSSR count). The van der Waals surface area contributed by atoms with E-state index in [0.29, 0.717) is 26.1 Å². The highest BCUT2D eigenvalue weighted by Crippen LogP contribution is 2.37. The highest BCUT2D eigenvalue weighted by atomic mass is 19.3. The van der Waals surface area contributed by atoms with Crippen molar-refractivity contribution >= 4 is 5.91 Å². The van der Waals surface area contributed by atoms with E-state index in [-0.39, 0.29) is 37.5 Å². The van der Waals surface area contributed by atoms with Crippen LogP contribution in [0.4, 0.5) is 8.78 Å². The van der Waals surface area contributed by atoms with Gasteiger partial charge in [0.25, 0.3) is 0 Å². The number of amides is 1. The number of carbonyl (C=O) groups excluding carboxylic acids is 1. The Hall–Kier alpha value is -0.750. The largest absolute Gasteiger partial charge is 0.387 e. The van der Waals surface area contributed by atoms with Gasteiger partial charge in [-0.1, -0.05) is 0 Å². The predicted octanol–water partition coefficient (Wildman–Crippen LogP) is 1.34. The van der Waals surface area contributed by atoms with Gasteiger partial charge in [-0.05, 0) is 33.4 Å². The Bertz CT molecular complexity index is 366. The third kappa shape index (κ3) is 3.67. The Morgan fingerprint density at radius 3 is 2.45 bits per heavy atom. The van der Waals surface area contributed by atoms with E-state index in [2.05, 4.69) is 0 Å². The fourth-order valence-corrected chi connectivity index (χ4v) is 3.31. The van der Waals surface area contributed by atoms with Crippen LogP contribution in [-0.2, 0) is 4.79 Å². The molecule has 0 spiro atoms. The molecule has 1 aliphatic carbocycles. The lowest BCUT2D eigenvalue weighted by molar-refractivity contribution is -0.139. The van der Waals surface area contributed by atoms with E-state index in [1.54, 1.807) is 4.90 Å². The van der Waals surface area contributed by atoms with Gasteiger partial charge in [-0.2, -0.15) is 0 Å². The number of halogens is 2. The van der Waals surface area contributed by atoms with Crippen molar-refractivity contribution in [3.8, 4) is 0 Å². The van der Waals surface area contributed by atoms with Crippen molar-refractivity contribution in [3.05, 3.63) is 0 Å². The number of carbonyl (C=O) groups is 1. The van der Waals surface area contributed by atoms with Crippen LogP contribution < -0.4 is 0 Å². The lowest BCUT2D eigenvalue weighted by Crippen LogP contribution is -2.45. The molecule has 1 saturated carbocycles. The summed E-state index contributed by atoms with van der Waals surface area (Å²) < 4.78 is 26.2. The number of hydrogen-bond acceptors (Lipinski definition) is 3. The summed E-state index contributed by atoms with van der Waals surface area (Å²) in [4.78, 5) is 15.9. The second-order valence-electron chi connectivity index (χ2n) is 6.60. The van der Waals surface area contributed by atoms with E-state index in [0.717, 1.165) is 0 Å². The molecule has 0 bridgehead atoms. The Morgan fingerprint density at radius 2 is 1.90 bits per heavy atom. The van der Waals surface area contributed by atoms with Gasteiger partial charge in [0.05, 0.1) is 12.1 Å². The Labute approximate surface area is 118 Å². The summed E-state index contributed by atoms with van der Waals surface area (Å²) in [6.45, 7) is 1.35. The molecular formula is C14H24F2N2O2. The zero-order valence-electron chi connectivity index (χ0n) is 12.2. The number of nitrogens with zero attached hydrogens (tertiary/aromatic N) is 2. The number of likely N-dealkylation sites (N-methyl/N-ethyl adjacent to an activating group) is 1. The zero-order valence-corrected chi connectivity index (χ0v) is 12.2. The summed E-state index contributed by atoms with van der Waals surface area (Å²) in [5.41, 5.74) is -0.863. The number of likely N-dealkylation sites (tertiary alicyclic amines) is 1. The van der Waals surface area contributed by atoms with E-state index in [9.17, 15) is 18.7 Å². The molecule has 6 heteroatoms. The van der Waals surface area contributed by atoms with Gasteiger partial charge in [-0.3, -0.25) is 4.79 Å². The molecule has 1 aliphatic heterocycles. The second kappa shape index (κ2) is 5.56. The Kier molecular flexibility index (Phi) is 4.35. The van der Waals surface area contributed by atoms with Crippen molar-refractivity contribution in [2.24, 2.45) is 5.92 Å². The van der Waals surface area contributed by atoms with Crippen LogP contribution in [0.1, 0.15) is 32.1 Å². The third-order valence-corrected chi connectivity index (χ3v) is 4.32. The van der Waals surface area contributed by atoms with Gasteiger partial charge in [0.2, 0.25) is 11.8 Å². The third-order valence-electron chi connectivity index (χ3n) is 4.32. The fraction of sp³-hybridized carbons (Fsp3) is 0.929. The van der Waals surface area contributed by atoms with Crippen LogP contribution in [0, 0.1) is 5.92 Å². The van der Waals surface area contributed by atoms with Crippen LogP contribution in [0.15, 0.2) is 0 Å². The number of rotatable bonds is 3. The van der Waals surface area contributed by atoms with Crippen molar-refractivity contribution in [2.45, 2.75) is 43.6 Å². The van der Waals surface area contributed by atoms with Crippen LogP contribution in [0.25, 0.3) is 0 Å². The van der Waals surface area contributed by atoms with E-state index in [1.807, 2.05) is 19.0 Å². The summed E-state index contributed by atoms with van der Waals surface area (Å²) in [5.74, 6) is -2.96. The SMILES string of the molecule is CN(C)CC1(O)CCN(C(=O)C2CCC(F)(F)CC2)C1. The molecule has 0 radical (unpaired) electrons. The van der Waals surface area contributed by atoms with Crippen LogP contribution in [0.3, 0.4) is 0 Å². The molecule has 1 atom stereocenters. The Balaban J connectivity index is 1.89. The van der Waals surface area contributed by atoms with E-state index in [1.165, 1.54) is 0 Å². The normalized spacial score (nSPS) is 31.0. The summed E-state index contributed by atoms with van der Waals surface area (Å²) in [5, 5.41) is 10.4. The molecule has 4 nitrogen and oxygen atoms in total. The van der Waals surface area contributed by atoms with Gasteiger partial charge >= 0.3 is 0 Å². The lowest BCUT2D eigenvalue weighted by Gasteiger charge is -2.31. The van der Waals surface area contributed by atoms with Gasteiger partial charge in [0.15, 0.2) is 0 Å². The van der Waals surface area contributed by atoms with Gasteiger partial charge in [-0.25, -0.2) is 8.78 Å². The minimum atomic E-state index is -2.60. The summed E-state index contributed by atoms with van der Waals surface area (Å²) in [6, 6.07) is 0. The molecule has 2 aliphatic rings. The van der Waals surface area contributed by atoms with Crippen molar-refractivity contribution < 1.29 is 18.7 Å². The first-order chi connectivity index (χ1) is 9.21. The van der Waals surface area contributed by atoms with E-state index < -0.39 is 11.5 Å². The monoisotopic (exact) mass is 290 g/mol. The molecule has 1 amide bonds. The van der Waals surface area contributed by atoms with E-state index >= 15 is 0 Å². The predicted molar refractivity (Wildman–Crippen MR) is 71.6 cm³/mol. The molecule has 116 valence electrons. The van der Waals surface area contributed by atoms with Gasteiger partial charge in [-0.15, -0.1) is 0 Å². The molecule has 0 aromatic rings. The van der Waals surface area contributed by atoms with Crippen LogP contribution in [0.5, 0.6) is 0 Å². The summed E-state index contributed by atoms with van der Waals surface area (Å²) in [7, 11) is 3.76. The van der Waals surface area contributed by atoms with Crippen LogP contribution in [-0.4, -0.2) is 66.1 Å². The average molecular weight is 290 g/mol. The molecule has 0 aromatic heterocycles. The van der Waals surface area contributed by atoms with Crippen LogP contribution >= 0.6 is 0 Å². The first kappa shape index (κ1) is 15.6. The van der Waals surface area contributed by atoms with E-state index in [4.69, 9.17) is 0 Å². The van der Waals surface area contributed by atoms with Crippen molar-refractivity contribution in [1.82, 2.24) is 9.80 Å². The highest BCUT2D eigenvalue weighted by Gasteiger charge is 2.43. The molecule has 1 heterocycles. The number of alkyl halides is 2. The minimum absolute atomic E-state index is 0.0600. The topological polar surface area (TPSA) is 43.8 Å². The summed E-state index contributed by atoms with van der Waals surface area (Å²) in [6.07, 6.45) is 0.682. The first-order valence-electron chi connectivity index (χ1n) is 7.25. The van der Waals surface area contributed by atoms with Crippen molar-refractivity contribution in [3.63, 3.8) is 0 Å². The quantitative estimate of drug-likeness (QED) is 0.853. The van der Waals surface area contributed by atoms with Crippen molar-refractivity contribution in [1.29, 1.82) is 0 Å². The first-order valence-corrected chi connectivity index (χ1v) is 7.25. The molecule has 1 N–H and O–H groups in total. The molecule has 20 heavy (non-hydrogen) atoms. The molecule has 1 saturated heterocycles. The maximum atomic E-state index is 13.1. The van der Waals surface area contributed by atoms with Gasteiger partial charge in [0, 0.05) is 31.8 Å². The maximum Gasteiger partial charge on any atom is 0.248 e. The molecule has 0 aromatic carbocycles. The lowest BCUT2D eigenvalue weighted by atomic mass is 9.86. The molecular weight excluding hydrogens is 266 g/mol. The van der Waals surface area contributed by atoms with Crippen molar-refractivity contribution in [2.75, 3.05) is 33.7 Å². The average Bonchev–Trinajstić information content (AvgIpc) is 2.69. The number of β-amino-alcohol motifs (C(OH)–C–C–N with tert-alkyl or cyclic N) is 1. The van der Waals surface area contributed by atoms with Gasteiger partial charge < -0.3 is 14.9 Å². The van der Waals surface area contributed by atoms with Crippen LogP contribution in [0.2, 0.25) is 0 Å². The fourth-order valence-electron chi connectivity index (χ4n) is 3.31. The van der Waals surface area contributed by atoms with Gasteiger partial charge in [0.1, 0.15) is 0 Å². The minimum Gasteiger partial charge on any atom is -0.387 e.